The molecule has 2 amide bonds. The van der Waals surface area contributed by atoms with Crippen molar-refractivity contribution in [2.45, 2.75) is 33.2 Å². The molecule has 0 spiro atoms. The van der Waals surface area contributed by atoms with Crippen LogP contribution < -0.4 is 11.1 Å². The van der Waals surface area contributed by atoms with Gasteiger partial charge >= 0.3 is 6.03 Å². The molecule has 114 valence electrons. The Kier molecular flexibility index (Phi) is 6.70. The van der Waals surface area contributed by atoms with E-state index in [1.165, 1.54) is 0 Å². The van der Waals surface area contributed by atoms with Gasteiger partial charge in [0.05, 0.1) is 12.5 Å². The van der Waals surface area contributed by atoms with E-state index in [-0.39, 0.29) is 12.1 Å². The molecule has 0 radical (unpaired) electrons. The molecule has 0 aliphatic heterocycles. The summed E-state index contributed by atoms with van der Waals surface area (Å²) in [6, 6.07) is 9.33. The lowest BCUT2D eigenvalue weighted by atomic mass is 10.1. The number of anilines is 1. The van der Waals surface area contributed by atoms with Gasteiger partial charge in [0.1, 0.15) is 0 Å². The third-order valence-corrected chi connectivity index (χ3v) is 3.03. The Hall–Kier alpha value is -2.06. The lowest BCUT2D eigenvalue weighted by Crippen LogP contribution is -2.38. The number of nitrogens with one attached hydrogen (secondary N) is 1. The van der Waals surface area contributed by atoms with Gasteiger partial charge in [-0.05, 0) is 30.5 Å². The van der Waals surface area contributed by atoms with Crippen molar-refractivity contribution < 1.29 is 4.79 Å². The maximum Gasteiger partial charge on any atom is 0.321 e. The molecule has 1 unspecified atom stereocenters. The number of hydrogen-bond acceptors (Lipinski definition) is 3. The average Bonchev–Trinajstić information content (AvgIpc) is 2.43. The first-order valence-electron chi connectivity index (χ1n) is 7.22. The van der Waals surface area contributed by atoms with Gasteiger partial charge in [0.25, 0.3) is 0 Å². The zero-order valence-electron chi connectivity index (χ0n) is 13.0. The van der Waals surface area contributed by atoms with Crippen LogP contribution in [0.1, 0.15) is 38.8 Å². The molecule has 0 aliphatic rings. The quantitative estimate of drug-likeness (QED) is 0.843. The molecule has 1 atom stereocenters. The zero-order chi connectivity index (χ0) is 15.8. The van der Waals surface area contributed by atoms with Crippen molar-refractivity contribution >= 4 is 11.7 Å². The van der Waals surface area contributed by atoms with Crippen LogP contribution in [0.3, 0.4) is 0 Å². The van der Waals surface area contributed by atoms with E-state index in [2.05, 4.69) is 11.4 Å². The Labute approximate surface area is 126 Å². The molecular weight excluding hydrogens is 264 g/mol. The van der Waals surface area contributed by atoms with Crippen LogP contribution in [0.2, 0.25) is 0 Å². The normalized spacial score (nSPS) is 11.8. The fourth-order valence-electron chi connectivity index (χ4n) is 2.00. The SMILES string of the molecule is CC(C)CN(CCC#N)C(=O)Nc1cccc(C(C)N)c1. The van der Waals surface area contributed by atoms with Gasteiger partial charge in [-0.3, -0.25) is 0 Å². The van der Waals surface area contributed by atoms with Gasteiger partial charge in [0, 0.05) is 24.8 Å². The molecule has 0 fully saturated rings. The Morgan fingerprint density at radius 3 is 2.71 bits per heavy atom. The number of rotatable bonds is 6. The van der Waals surface area contributed by atoms with E-state index in [4.69, 9.17) is 11.0 Å². The van der Waals surface area contributed by atoms with E-state index in [1.54, 1.807) is 4.90 Å². The van der Waals surface area contributed by atoms with Crippen LogP contribution in [0.5, 0.6) is 0 Å². The maximum absolute atomic E-state index is 12.3. The first-order chi connectivity index (χ1) is 9.93. The van der Waals surface area contributed by atoms with Crippen molar-refractivity contribution in [1.82, 2.24) is 4.90 Å². The fourth-order valence-corrected chi connectivity index (χ4v) is 2.00. The summed E-state index contributed by atoms with van der Waals surface area (Å²) >= 11 is 0. The number of nitriles is 1. The van der Waals surface area contributed by atoms with Crippen LogP contribution >= 0.6 is 0 Å². The number of amides is 2. The molecule has 0 heterocycles. The van der Waals surface area contributed by atoms with E-state index < -0.39 is 0 Å². The molecule has 21 heavy (non-hydrogen) atoms. The summed E-state index contributed by atoms with van der Waals surface area (Å²) < 4.78 is 0. The predicted octanol–water partition coefficient (Wildman–Crippen LogP) is 3.11. The third-order valence-electron chi connectivity index (χ3n) is 3.03. The minimum Gasteiger partial charge on any atom is -0.324 e. The second-order valence-corrected chi connectivity index (χ2v) is 5.59. The molecule has 0 aromatic heterocycles. The topological polar surface area (TPSA) is 82.2 Å². The third kappa shape index (κ3) is 5.84. The first-order valence-corrected chi connectivity index (χ1v) is 7.22. The van der Waals surface area contributed by atoms with Gasteiger partial charge in [-0.1, -0.05) is 26.0 Å². The van der Waals surface area contributed by atoms with Crippen molar-refractivity contribution in [3.05, 3.63) is 29.8 Å². The maximum atomic E-state index is 12.3. The van der Waals surface area contributed by atoms with Crippen LogP contribution in [-0.2, 0) is 0 Å². The summed E-state index contributed by atoms with van der Waals surface area (Å²) in [5.41, 5.74) is 7.54. The molecule has 0 aliphatic carbocycles. The molecule has 1 aromatic carbocycles. The summed E-state index contributed by atoms with van der Waals surface area (Å²) in [5, 5.41) is 11.6. The standard InChI is InChI=1S/C16H24N4O/c1-12(2)11-20(9-5-8-17)16(21)19-15-7-4-6-14(10-15)13(3)18/h4,6-7,10,12-13H,5,9,11,18H2,1-3H3,(H,19,21). The van der Waals surface area contributed by atoms with Crippen molar-refractivity contribution in [2.24, 2.45) is 11.7 Å². The number of benzene rings is 1. The summed E-state index contributed by atoms with van der Waals surface area (Å²) in [6.07, 6.45) is 0.333. The van der Waals surface area contributed by atoms with Crippen LogP contribution in [0, 0.1) is 17.2 Å². The summed E-state index contributed by atoms with van der Waals surface area (Å²) in [4.78, 5) is 14.0. The molecular formula is C16H24N4O. The summed E-state index contributed by atoms with van der Waals surface area (Å²) in [6.45, 7) is 7.06. The van der Waals surface area contributed by atoms with E-state index >= 15 is 0 Å². The number of nitrogens with zero attached hydrogens (tertiary/aromatic N) is 2. The Balaban J connectivity index is 2.76. The highest BCUT2D eigenvalue weighted by molar-refractivity contribution is 5.89. The lowest BCUT2D eigenvalue weighted by molar-refractivity contribution is 0.206. The molecule has 0 saturated heterocycles. The Bertz CT molecular complexity index is 505. The van der Waals surface area contributed by atoms with Gasteiger partial charge in [-0.2, -0.15) is 5.26 Å². The molecule has 1 rings (SSSR count). The van der Waals surface area contributed by atoms with Gasteiger partial charge in [-0.25, -0.2) is 4.79 Å². The van der Waals surface area contributed by atoms with Crippen LogP contribution in [0.15, 0.2) is 24.3 Å². The van der Waals surface area contributed by atoms with Crippen LogP contribution in [0.25, 0.3) is 0 Å². The Morgan fingerprint density at radius 1 is 1.43 bits per heavy atom. The lowest BCUT2D eigenvalue weighted by Gasteiger charge is -2.24. The van der Waals surface area contributed by atoms with E-state index in [0.717, 1.165) is 11.3 Å². The van der Waals surface area contributed by atoms with Gasteiger partial charge in [-0.15, -0.1) is 0 Å². The number of urea groups is 1. The minimum absolute atomic E-state index is 0.0767. The van der Waals surface area contributed by atoms with Crippen molar-refractivity contribution in [3.8, 4) is 6.07 Å². The second kappa shape index (κ2) is 8.28. The van der Waals surface area contributed by atoms with E-state index in [1.807, 2.05) is 45.0 Å². The second-order valence-electron chi connectivity index (χ2n) is 5.59. The van der Waals surface area contributed by atoms with E-state index in [0.29, 0.717) is 25.4 Å². The Morgan fingerprint density at radius 2 is 2.14 bits per heavy atom. The van der Waals surface area contributed by atoms with Gasteiger partial charge < -0.3 is 16.0 Å². The molecule has 3 N–H and O–H groups in total. The largest absolute Gasteiger partial charge is 0.324 e. The van der Waals surface area contributed by atoms with Gasteiger partial charge in [0.15, 0.2) is 0 Å². The van der Waals surface area contributed by atoms with Crippen molar-refractivity contribution in [3.63, 3.8) is 0 Å². The summed E-state index contributed by atoms with van der Waals surface area (Å²) in [7, 11) is 0. The van der Waals surface area contributed by atoms with E-state index in [9.17, 15) is 4.79 Å². The number of hydrogen-bond donors (Lipinski definition) is 2. The van der Waals surface area contributed by atoms with Crippen LogP contribution in [-0.4, -0.2) is 24.0 Å². The molecule has 5 heteroatoms. The molecule has 1 aromatic rings. The first kappa shape index (κ1) is 17.0. The van der Waals surface area contributed by atoms with Crippen molar-refractivity contribution in [1.29, 1.82) is 5.26 Å². The number of nitrogens with two attached hydrogens (primary N) is 1. The minimum atomic E-state index is -0.180. The smallest absolute Gasteiger partial charge is 0.321 e. The highest BCUT2D eigenvalue weighted by Gasteiger charge is 2.15. The monoisotopic (exact) mass is 288 g/mol. The zero-order valence-corrected chi connectivity index (χ0v) is 13.0. The average molecular weight is 288 g/mol. The fraction of sp³-hybridized carbons (Fsp3) is 0.500. The highest BCUT2D eigenvalue weighted by Crippen LogP contribution is 2.16. The molecule has 0 saturated carbocycles. The number of carbonyl (C=O) groups excluding carboxylic acids is 1. The molecule has 5 nitrogen and oxygen atoms in total. The van der Waals surface area contributed by atoms with Crippen molar-refractivity contribution in [2.75, 3.05) is 18.4 Å². The van der Waals surface area contributed by atoms with Crippen LogP contribution in [0.4, 0.5) is 10.5 Å². The summed E-state index contributed by atoms with van der Waals surface area (Å²) in [5.74, 6) is 0.352. The predicted molar refractivity (Wildman–Crippen MR) is 84.7 cm³/mol. The highest BCUT2D eigenvalue weighted by atomic mass is 16.2. The number of carbonyl (C=O) groups is 1. The van der Waals surface area contributed by atoms with Gasteiger partial charge in [0.2, 0.25) is 0 Å². The molecule has 0 bridgehead atoms.